The highest BCUT2D eigenvalue weighted by atomic mass is 32.2. The zero-order chi connectivity index (χ0) is 27.0. The number of methoxy groups -OCH3 is 2. The minimum absolute atomic E-state index is 0.00204. The molecule has 2 aromatic carbocycles. The van der Waals surface area contributed by atoms with Crippen LogP contribution < -0.4 is 10.6 Å². The number of thioether (sulfide) groups is 1. The number of anilines is 1. The molecule has 0 aliphatic carbocycles. The molecule has 0 bridgehead atoms. The Morgan fingerprint density at radius 3 is 2.50 bits per heavy atom. The van der Waals surface area contributed by atoms with Gasteiger partial charge in [-0.15, -0.1) is 10.2 Å². The number of hydrogen-bond acceptors (Lipinski definition) is 10. The van der Waals surface area contributed by atoms with Crippen LogP contribution in [0, 0.1) is 11.3 Å². The number of benzene rings is 2. The number of nitrogens with two attached hydrogens (primary N) is 1. The van der Waals surface area contributed by atoms with Gasteiger partial charge in [0.05, 0.1) is 37.4 Å². The van der Waals surface area contributed by atoms with Crippen LogP contribution in [0.25, 0.3) is 11.4 Å². The summed E-state index contributed by atoms with van der Waals surface area (Å²) in [6, 6.07) is 18.2. The molecule has 5 rings (SSSR count). The van der Waals surface area contributed by atoms with Gasteiger partial charge in [-0.05, 0) is 17.7 Å². The summed E-state index contributed by atoms with van der Waals surface area (Å²) < 4.78 is 12.2. The molecule has 1 aromatic heterocycles. The average molecular weight is 529 g/mol. The third-order valence-electron chi connectivity index (χ3n) is 6.44. The maximum atomic E-state index is 13.3. The predicted molar refractivity (Wildman–Crippen MR) is 140 cm³/mol. The third kappa shape index (κ3) is 4.09. The second kappa shape index (κ2) is 10.1. The summed E-state index contributed by atoms with van der Waals surface area (Å²) in [7, 11) is 2.43. The summed E-state index contributed by atoms with van der Waals surface area (Å²) in [6.45, 7) is 2.88. The van der Waals surface area contributed by atoms with Gasteiger partial charge in [0.15, 0.2) is 11.0 Å². The number of aromatic nitrogens is 3. The van der Waals surface area contributed by atoms with Crippen LogP contribution >= 0.6 is 11.8 Å². The largest absolute Gasteiger partial charge is 0.466 e. The van der Waals surface area contributed by atoms with E-state index in [1.807, 2.05) is 16.7 Å². The average Bonchev–Trinajstić information content (AvgIpc) is 3.50. The predicted octanol–water partition coefficient (Wildman–Crippen LogP) is 3.34. The summed E-state index contributed by atoms with van der Waals surface area (Å²) in [5.41, 5.74) is 8.32. The molecular weight excluding hydrogens is 504 g/mol. The van der Waals surface area contributed by atoms with E-state index in [-0.39, 0.29) is 22.7 Å². The summed E-state index contributed by atoms with van der Waals surface area (Å²) in [6.07, 6.45) is 0. The van der Waals surface area contributed by atoms with E-state index in [1.54, 1.807) is 54.2 Å². The van der Waals surface area contributed by atoms with Gasteiger partial charge in [-0.2, -0.15) is 5.26 Å². The molecule has 3 heterocycles. The SMILES string of the molecule is COC(=O)C1=C(C(=O)OC)N(c2cccc(-c3nnc4n3CC(C)S4)c2)C(N)=C(C#N)C1c1ccccc1. The van der Waals surface area contributed by atoms with Gasteiger partial charge in [-0.25, -0.2) is 9.59 Å². The van der Waals surface area contributed by atoms with Crippen molar-refractivity contribution >= 4 is 29.4 Å². The second-order valence-electron chi connectivity index (χ2n) is 8.73. The van der Waals surface area contributed by atoms with Crippen molar-refractivity contribution in [1.29, 1.82) is 5.26 Å². The van der Waals surface area contributed by atoms with Crippen molar-refractivity contribution in [1.82, 2.24) is 14.8 Å². The lowest BCUT2D eigenvalue weighted by Gasteiger charge is -2.36. The minimum Gasteiger partial charge on any atom is -0.466 e. The van der Waals surface area contributed by atoms with Crippen molar-refractivity contribution in [2.24, 2.45) is 5.73 Å². The van der Waals surface area contributed by atoms with E-state index in [4.69, 9.17) is 15.2 Å². The molecule has 38 heavy (non-hydrogen) atoms. The van der Waals surface area contributed by atoms with E-state index in [9.17, 15) is 14.9 Å². The Kier molecular flexibility index (Phi) is 6.65. The molecule has 2 aliphatic heterocycles. The summed E-state index contributed by atoms with van der Waals surface area (Å²) in [5, 5.41) is 20.1. The normalized spacial score (nSPS) is 18.7. The maximum Gasteiger partial charge on any atom is 0.355 e. The van der Waals surface area contributed by atoms with Gasteiger partial charge in [-0.1, -0.05) is 61.2 Å². The molecule has 3 aromatic rings. The van der Waals surface area contributed by atoms with Crippen LogP contribution in [0.15, 0.2) is 82.4 Å². The Bertz CT molecular complexity index is 1540. The van der Waals surface area contributed by atoms with Crippen molar-refractivity contribution < 1.29 is 19.1 Å². The van der Waals surface area contributed by atoms with Crippen molar-refractivity contribution in [3.8, 4) is 17.5 Å². The molecule has 2 atom stereocenters. The fourth-order valence-electron chi connectivity index (χ4n) is 4.79. The van der Waals surface area contributed by atoms with Crippen LogP contribution in [0.2, 0.25) is 0 Å². The van der Waals surface area contributed by atoms with E-state index in [1.165, 1.54) is 19.1 Å². The van der Waals surface area contributed by atoms with Crippen LogP contribution in [0.5, 0.6) is 0 Å². The monoisotopic (exact) mass is 528 g/mol. The topological polar surface area (TPSA) is 136 Å². The highest BCUT2D eigenvalue weighted by Crippen LogP contribution is 2.44. The van der Waals surface area contributed by atoms with Gasteiger partial charge < -0.3 is 19.8 Å². The molecule has 2 unspecified atom stereocenters. The number of rotatable bonds is 5. The molecule has 10 nitrogen and oxygen atoms in total. The highest BCUT2D eigenvalue weighted by molar-refractivity contribution is 7.99. The fourth-order valence-corrected chi connectivity index (χ4v) is 5.75. The molecule has 0 radical (unpaired) electrons. The molecule has 2 aliphatic rings. The first-order valence-corrected chi connectivity index (χ1v) is 12.6. The third-order valence-corrected chi connectivity index (χ3v) is 7.50. The van der Waals surface area contributed by atoms with Gasteiger partial charge in [0.2, 0.25) is 0 Å². The number of esters is 2. The second-order valence-corrected chi connectivity index (χ2v) is 10.1. The highest BCUT2D eigenvalue weighted by Gasteiger charge is 2.43. The van der Waals surface area contributed by atoms with Gasteiger partial charge in [0.25, 0.3) is 0 Å². The standard InChI is InChI=1S/C27H24N6O4S/c1-15-14-32-24(30-31-27(32)38-15)17-10-7-11-18(12-17)33-22(26(35)37-3)21(25(34)36-2)20(19(13-28)23(33)29)16-8-5-4-6-9-16/h4-12,15,20H,14,29H2,1-3H3. The Balaban J connectivity index is 1.74. The fraction of sp³-hybridized carbons (Fsp3) is 0.222. The van der Waals surface area contributed by atoms with Crippen LogP contribution in [0.3, 0.4) is 0 Å². The van der Waals surface area contributed by atoms with E-state index in [0.717, 1.165) is 17.3 Å². The summed E-state index contributed by atoms with van der Waals surface area (Å²) >= 11 is 1.65. The van der Waals surface area contributed by atoms with Crippen molar-refractivity contribution in [3.63, 3.8) is 0 Å². The number of ether oxygens (including phenoxy) is 2. The van der Waals surface area contributed by atoms with E-state index in [0.29, 0.717) is 22.3 Å². The molecule has 0 spiro atoms. The Hall–Kier alpha value is -4.56. The summed E-state index contributed by atoms with van der Waals surface area (Å²) in [5.74, 6) is -1.84. The van der Waals surface area contributed by atoms with Crippen molar-refractivity contribution in [2.75, 3.05) is 19.1 Å². The number of nitrogens with zero attached hydrogens (tertiary/aromatic N) is 5. The first-order valence-electron chi connectivity index (χ1n) is 11.8. The number of carbonyl (C=O) groups is 2. The van der Waals surface area contributed by atoms with E-state index >= 15 is 0 Å². The Morgan fingerprint density at radius 1 is 1.08 bits per heavy atom. The number of nitriles is 1. The van der Waals surface area contributed by atoms with E-state index < -0.39 is 17.9 Å². The zero-order valence-electron chi connectivity index (χ0n) is 20.9. The van der Waals surface area contributed by atoms with Gasteiger partial charge in [0.1, 0.15) is 11.5 Å². The minimum atomic E-state index is -0.930. The quantitative estimate of drug-likeness (QED) is 0.491. The van der Waals surface area contributed by atoms with Gasteiger partial charge in [-0.3, -0.25) is 4.90 Å². The molecule has 0 fully saturated rings. The molecule has 0 amide bonds. The smallest absolute Gasteiger partial charge is 0.355 e. The zero-order valence-corrected chi connectivity index (χ0v) is 21.7. The van der Waals surface area contributed by atoms with Gasteiger partial charge >= 0.3 is 11.9 Å². The molecular formula is C27H24N6O4S. The Morgan fingerprint density at radius 2 is 1.82 bits per heavy atom. The van der Waals surface area contributed by atoms with E-state index in [2.05, 4.69) is 23.2 Å². The molecule has 192 valence electrons. The van der Waals surface area contributed by atoms with Crippen molar-refractivity contribution in [2.45, 2.75) is 29.8 Å². The molecule has 0 saturated carbocycles. The van der Waals surface area contributed by atoms with Crippen molar-refractivity contribution in [3.05, 3.63) is 82.8 Å². The number of fused-ring (bicyclic) bond motifs is 1. The van der Waals surface area contributed by atoms with Crippen LogP contribution in [0.4, 0.5) is 5.69 Å². The number of carbonyl (C=O) groups excluding carboxylic acids is 2. The number of hydrogen-bond donors (Lipinski definition) is 1. The van der Waals surface area contributed by atoms with Crippen LogP contribution in [-0.4, -0.2) is 46.2 Å². The molecule has 11 heteroatoms. The summed E-state index contributed by atoms with van der Waals surface area (Å²) in [4.78, 5) is 27.9. The Labute approximate surface area is 223 Å². The first-order chi connectivity index (χ1) is 18.4. The van der Waals surface area contributed by atoms with Crippen LogP contribution in [-0.2, 0) is 25.6 Å². The van der Waals surface area contributed by atoms with Gasteiger partial charge in [0, 0.05) is 23.0 Å². The lowest BCUT2D eigenvalue weighted by Crippen LogP contribution is -2.40. The first kappa shape index (κ1) is 25.1. The molecule has 0 saturated heterocycles. The lowest BCUT2D eigenvalue weighted by atomic mass is 9.81. The maximum absolute atomic E-state index is 13.3. The number of allylic oxidation sites excluding steroid dienone is 1. The van der Waals surface area contributed by atoms with Crippen LogP contribution in [0.1, 0.15) is 18.4 Å². The molecule has 2 N–H and O–H groups in total. The lowest BCUT2D eigenvalue weighted by molar-refractivity contribution is -0.139.